The van der Waals surface area contributed by atoms with Crippen molar-refractivity contribution in [2.24, 2.45) is 7.05 Å². The molecule has 2 heterocycles. The van der Waals surface area contributed by atoms with E-state index in [2.05, 4.69) is 47.9 Å². The SMILES string of the molecule is [2H]C([2H])([2H])C([2H])(C)c1ccc2c(-c3ccc4c(oc5cc6ccccc6cc54)c3C)[n+](C)ccc2c1. The molecule has 0 aliphatic carbocycles. The van der Waals surface area contributed by atoms with E-state index in [4.69, 9.17) is 9.90 Å². The largest absolute Gasteiger partial charge is 0.456 e. The van der Waals surface area contributed by atoms with Crippen LogP contribution in [-0.2, 0) is 7.05 Å². The molecule has 6 rings (SSSR count). The molecule has 156 valence electrons. The molecular weight excluding hydrogens is 390 g/mol. The Labute approximate surface area is 193 Å². The summed E-state index contributed by atoms with van der Waals surface area (Å²) >= 11 is 0. The Hall–Kier alpha value is -3.65. The molecule has 1 atom stereocenters. The van der Waals surface area contributed by atoms with Crippen LogP contribution in [0.25, 0.3) is 54.7 Å². The lowest BCUT2D eigenvalue weighted by Crippen LogP contribution is -2.30. The maximum absolute atomic E-state index is 8.50. The molecule has 0 amide bonds. The minimum atomic E-state index is -2.42. The molecule has 2 aromatic heterocycles. The first-order valence-electron chi connectivity index (χ1n) is 12.8. The van der Waals surface area contributed by atoms with Crippen molar-refractivity contribution in [3.8, 4) is 11.3 Å². The lowest BCUT2D eigenvalue weighted by molar-refractivity contribution is -0.659. The quantitative estimate of drug-likeness (QED) is 0.261. The number of furan rings is 1. The van der Waals surface area contributed by atoms with Crippen molar-refractivity contribution >= 4 is 43.5 Å². The highest BCUT2D eigenvalue weighted by Gasteiger charge is 2.21. The maximum atomic E-state index is 8.50. The molecule has 0 N–H and O–H groups in total. The summed E-state index contributed by atoms with van der Waals surface area (Å²) in [5, 5.41) is 6.42. The van der Waals surface area contributed by atoms with Gasteiger partial charge in [0, 0.05) is 27.9 Å². The van der Waals surface area contributed by atoms with Crippen molar-refractivity contribution < 1.29 is 14.5 Å². The molecule has 4 aromatic carbocycles. The Kier molecular flexibility index (Phi) is 3.29. The van der Waals surface area contributed by atoms with E-state index in [0.29, 0.717) is 5.56 Å². The van der Waals surface area contributed by atoms with Gasteiger partial charge in [-0.15, -0.1) is 0 Å². The van der Waals surface area contributed by atoms with Crippen LogP contribution >= 0.6 is 0 Å². The Morgan fingerprint density at radius 3 is 2.47 bits per heavy atom. The van der Waals surface area contributed by atoms with E-state index in [0.717, 1.165) is 54.9 Å². The number of aryl methyl sites for hydroxylation is 2. The van der Waals surface area contributed by atoms with Gasteiger partial charge in [-0.1, -0.05) is 50.2 Å². The standard InChI is InChI=1S/C30H26NO/c1-18(2)20-9-10-25-23(15-20)13-14-31(4)29(25)24-11-12-26-27-16-21-7-5-6-8-22(21)17-28(27)32-30(26)19(24)3/h5-18H,1-4H3/q+1/i1D3,18D. The van der Waals surface area contributed by atoms with E-state index in [1.54, 1.807) is 6.07 Å². The minimum Gasteiger partial charge on any atom is -0.456 e. The summed E-state index contributed by atoms with van der Waals surface area (Å²) in [4.78, 5) is 0. The van der Waals surface area contributed by atoms with Gasteiger partial charge in [-0.2, -0.15) is 0 Å². The van der Waals surface area contributed by atoms with Crippen molar-refractivity contribution in [1.29, 1.82) is 0 Å². The molecule has 0 spiro atoms. The van der Waals surface area contributed by atoms with Gasteiger partial charge in [-0.05, 0) is 64.9 Å². The van der Waals surface area contributed by atoms with Crippen LogP contribution in [0.2, 0.25) is 0 Å². The number of nitrogens with zero attached hydrogens (tertiary/aromatic N) is 1. The molecule has 0 radical (unpaired) electrons. The third kappa shape index (κ3) is 2.76. The molecule has 2 heteroatoms. The summed E-state index contributed by atoms with van der Waals surface area (Å²) in [6.07, 6.45) is 1.98. The highest BCUT2D eigenvalue weighted by atomic mass is 16.3. The van der Waals surface area contributed by atoms with E-state index in [1.807, 2.05) is 43.6 Å². The predicted molar refractivity (Wildman–Crippen MR) is 134 cm³/mol. The second-order valence-corrected chi connectivity index (χ2v) is 8.61. The summed E-state index contributed by atoms with van der Waals surface area (Å²) < 4.78 is 40.5. The Bertz CT molecular complexity index is 1830. The summed E-state index contributed by atoms with van der Waals surface area (Å²) in [7, 11) is 2.01. The fourth-order valence-corrected chi connectivity index (χ4v) is 4.86. The fourth-order valence-electron chi connectivity index (χ4n) is 4.86. The van der Waals surface area contributed by atoms with Gasteiger partial charge in [0.25, 0.3) is 0 Å². The third-order valence-corrected chi connectivity index (χ3v) is 6.58. The zero-order chi connectivity index (χ0) is 25.4. The van der Waals surface area contributed by atoms with Crippen LogP contribution in [0.4, 0.5) is 0 Å². The second-order valence-electron chi connectivity index (χ2n) is 8.61. The molecular formula is C30H26NO+. The molecule has 0 saturated heterocycles. The number of pyridine rings is 1. The lowest BCUT2D eigenvalue weighted by atomic mass is 9.94. The van der Waals surface area contributed by atoms with E-state index in [1.165, 1.54) is 12.3 Å². The normalized spacial score (nSPS) is 16.1. The van der Waals surface area contributed by atoms with Crippen LogP contribution in [0.15, 0.2) is 83.4 Å². The predicted octanol–water partition coefficient (Wildman–Crippen LogP) is 7.82. The number of hydrogen-bond donors (Lipinski definition) is 0. The summed E-state index contributed by atoms with van der Waals surface area (Å²) in [5.74, 6) is -1.69. The van der Waals surface area contributed by atoms with Gasteiger partial charge in [0.2, 0.25) is 5.69 Å². The van der Waals surface area contributed by atoms with Crippen LogP contribution in [0.1, 0.15) is 36.3 Å². The van der Waals surface area contributed by atoms with Crippen molar-refractivity contribution in [3.05, 3.63) is 90.1 Å². The fraction of sp³-hybridized carbons (Fsp3) is 0.167. The van der Waals surface area contributed by atoms with Gasteiger partial charge in [-0.25, -0.2) is 4.57 Å². The van der Waals surface area contributed by atoms with E-state index >= 15 is 0 Å². The molecule has 2 nitrogen and oxygen atoms in total. The lowest BCUT2D eigenvalue weighted by Gasteiger charge is -2.11. The van der Waals surface area contributed by atoms with Crippen LogP contribution in [-0.4, -0.2) is 0 Å². The van der Waals surface area contributed by atoms with Gasteiger partial charge < -0.3 is 4.42 Å². The van der Waals surface area contributed by atoms with Crippen LogP contribution in [0.3, 0.4) is 0 Å². The van der Waals surface area contributed by atoms with E-state index in [-0.39, 0.29) is 0 Å². The number of aromatic nitrogens is 1. The molecule has 1 unspecified atom stereocenters. The molecule has 0 saturated carbocycles. The maximum Gasteiger partial charge on any atom is 0.220 e. The first-order chi connectivity index (χ1) is 17.1. The number of rotatable bonds is 2. The van der Waals surface area contributed by atoms with Crippen molar-refractivity contribution in [3.63, 3.8) is 0 Å². The zero-order valence-electron chi connectivity index (χ0n) is 22.4. The number of fused-ring (bicyclic) bond motifs is 5. The minimum absolute atomic E-state index is 0.478. The van der Waals surface area contributed by atoms with Crippen molar-refractivity contribution in [2.45, 2.75) is 26.6 Å². The van der Waals surface area contributed by atoms with Gasteiger partial charge in [0.15, 0.2) is 6.20 Å². The first-order valence-corrected chi connectivity index (χ1v) is 10.8. The highest BCUT2D eigenvalue weighted by Crippen LogP contribution is 2.38. The Morgan fingerprint density at radius 1 is 0.875 bits per heavy atom. The van der Waals surface area contributed by atoms with Crippen LogP contribution < -0.4 is 4.57 Å². The molecule has 0 bridgehead atoms. The van der Waals surface area contributed by atoms with Gasteiger partial charge in [-0.3, -0.25) is 0 Å². The van der Waals surface area contributed by atoms with Gasteiger partial charge >= 0.3 is 0 Å². The van der Waals surface area contributed by atoms with E-state index < -0.39 is 12.7 Å². The highest BCUT2D eigenvalue weighted by molar-refractivity contribution is 6.12. The molecule has 0 aliphatic heterocycles. The monoisotopic (exact) mass is 420 g/mol. The smallest absolute Gasteiger partial charge is 0.220 e. The zero-order valence-corrected chi connectivity index (χ0v) is 18.4. The second kappa shape index (κ2) is 6.93. The van der Waals surface area contributed by atoms with Gasteiger partial charge in [0.05, 0.1) is 10.9 Å². The topological polar surface area (TPSA) is 17.0 Å². The molecule has 0 aliphatic rings. The Morgan fingerprint density at radius 2 is 1.66 bits per heavy atom. The van der Waals surface area contributed by atoms with Crippen molar-refractivity contribution in [2.75, 3.05) is 0 Å². The Balaban J connectivity index is 1.58. The van der Waals surface area contributed by atoms with Crippen LogP contribution in [0.5, 0.6) is 0 Å². The third-order valence-electron chi connectivity index (χ3n) is 6.58. The summed E-state index contributed by atoms with van der Waals surface area (Å²) in [6.45, 7) is 1.12. The van der Waals surface area contributed by atoms with Crippen LogP contribution in [0, 0.1) is 6.92 Å². The van der Waals surface area contributed by atoms with Crippen molar-refractivity contribution in [1.82, 2.24) is 0 Å². The van der Waals surface area contributed by atoms with Gasteiger partial charge in [0.1, 0.15) is 18.2 Å². The molecule has 6 aromatic rings. The average molecular weight is 421 g/mol. The first kappa shape index (κ1) is 15.2. The average Bonchev–Trinajstić information content (AvgIpc) is 3.20. The summed E-state index contributed by atoms with van der Waals surface area (Å²) in [5.41, 5.74) is 5.34. The summed E-state index contributed by atoms with van der Waals surface area (Å²) in [6, 6.07) is 24.4. The number of hydrogen-bond acceptors (Lipinski definition) is 1. The molecule has 0 fully saturated rings. The molecule has 32 heavy (non-hydrogen) atoms. The van der Waals surface area contributed by atoms with E-state index in [9.17, 15) is 0 Å². The number of benzene rings is 4.